The highest BCUT2D eigenvalue weighted by Crippen LogP contribution is 2.29. The minimum Gasteiger partial charge on any atom is -0.478 e. The summed E-state index contributed by atoms with van der Waals surface area (Å²) < 4.78 is 6.13. The van der Waals surface area contributed by atoms with Crippen molar-refractivity contribution in [2.24, 2.45) is 0 Å². The second kappa shape index (κ2) is 10.1. The van der Waals surface area contributed by atoms with E-state index in [-0.39, 0.29) is 0 Å². The summed E-state index contributed by atoms with van der Waals surface area (Å²) in [4.78, 5) is 21.5. The van der Waals surface area contributed by atoms with Gasteiger partial charge in [-0.2, -0.15) is 0 Å². The molecular formula is C21H23NO5. The van der Waals surface area contributed by atoms with Crippen LogP contribution in [0, 0.1) is 0 Å². The summed E-state index contributed by atoms with van der Waals surface area (Å²) in [5.41, 5.74) is 2.57. The van der Waals surface area contributed by atoms with Gasteiger partial charge in [0, 0.05) is 25.2 Å². The van der Waals surface area contributed by atoms with E-state index in [1.54, 1.807) is 0 Å². The SMILES string of the molecule is CN1CCc2ccccc2Oc2ccccc2CC1.O=C(O)/C=C\C(=O)O. The van der Waals surface area contributed by atoms with E-state index >= 15 is 0 Å². The van der Waals surface area contributed by atoms with Crippen LogP contribution in [0.4, 0.5) is 0 Å². The molecule has 0 saturated heterocycles. The van der Waals surface area contributed by atoms with E-state index in [0.29, 0.717) is 12.2 Å². The van der Waals surface area contributed by atoms with E-state index in [1.165, 1.54) is 11.1 Å². The Kier molecular flexibility index (Phi) is 7.58. The van der Waals surface area contributed by atoms with E-state index in [0.717, 1.165) is 37.4 Å². The maximum Gasteiger partial charge on any atom is 0.328 e. The first-order valence-electron chi connectivity index (χ1n) is 8.62. The second-order valence-electron chi connectivity index (χ2n) is 6.13. The number of carboxylic acid groups (broad SMARTS) is 2. The Morgan fingerprint density at radius 3 is 1.67 bits per heavy atom. The van der Waals surface area contributed by atoms with Crippen LogP contribution in [-0.2, 0) is 22.4 Å². The van der Waals surface area contributed by atoms with Gasteiger partial charge in [-0.1, -0.05) is 36.4 Å². The first-order chi connectivity index (χ1) is 13.0. The Balaban J connectivity index is 0.000000279. The van der Waals surface area contributed by atoms with Gasteiger partial charge in [0.15, 0.2) is 0 Å². The Bertz CT molecular complexity index is 750. The van der Waals surface area contributed by atoms with Crippen molar-refractivity contribution in [3.8, 4) is 11.5 Å². The van der Waals surface area contributed by atoms with Crippen LogP contribution in [0.2, 0.25) is 0 Å². The fourth-order valence-corrected chi connectivity index (χ4v) is 2.62. The van der Waals surface area contributed by atoms with Crippen LogP contribution in [0.25, 0.3) is 0 Å². The first-order valence-corrected chi connectivity index (χ1v) is 8.62. The molecule has 0 fully saturated rings. The lowest BCUT2D eigenvalue weighted by atomic mass is 10.1. The molecule has 2 aromatic carbocycles. The van der Waals surface area contributed by atoms with Crippen molar-refractivity contribution in [3.05, 3.63) is 71.8 Å². The van der Waals surface area contributed by atoms with Crippen molar-refractivity contribution in [3.63, 3.8) is 0 Å². The van der Waals surface area contributed by atoms with Crippen LogP contribution in [0.15, 0.2) is 60.7 Å². The summed E-state index contributed by atoms with van der Waals surface area (Å²) in [7, 11) is 2.19. The third-order valence-electron chi connectivity index (χ3n) is 4.06. The number of ether oxygens (including phenoxy) is 1. The van der Waals surface area contributed by atoms with Crippen LogP contribution >= 0.6 is 0 Å². The van der Waals surface area contributed by atoms with Gasteiger partial charge in [0.1, 0.15) is 11.5 Å². The summed E-state index contributed by atoms with van der Waals surface area (Å²) in [6, 6.07) is 16.7. The van der Waals surface area contributed by atoms with E-state index in [9.17, 15) is 9.59 Å². The normalized spacial score (nSPS) is 14.1. The topological polar surface area (TPSA) is 87.1 Å². The molecule has 3 rings (SSSR count). The summed E-state index contributed by atoms with van der Waals surface area (Å²) in [5, 5.41) is 15.6. The number of fused-ring (bicyclic) bond motifs is 2. The number of aliphatic carboxylic acids is 2. The molecule has 0 saturated carbocycles. The van der Waals surface area contributed by atoms with E-state index in [2.05, 4.69) is 48.3 Å². The van der Waals surface area contributed by atoms with Gasteiger partial charge in [0.2, 0.25) is 0 Å². The van der Waals surface area contributed by atoms with Gasteiger partial charge in [0.25, 0.3) is 0 Å². The molecule has 142 valence electrons. The molecule has 1 aliphatic heterocycles. The predicted octanol–water partition coefficient (Wildman–Crippen LogP) is 3.22. The van der Waals surface area contributed by atoms with Crippen molar-refractivity contribution in [1.29, 1.82) is 0 Å². The predicted molar refractivity (Wildman–Crippen MR) is 102 cm³/mol. The molecule has 0 amide bonds. The van der Waals surface area contributed by atoms with Gasteiger partial charge < -0.3 is 19.8 Å². The molecule has 0 atom stereocenters. The van der Waals surface area contributed by atoms with Crippen LogP contribution in [0.1, 0.15) is 11.1 Å². The number of hydrogen-bond donors (Lipinski definition) is 2. The molecule has 0 aliphatic carbocycles. The number of nitrogens with zero attached hydrogens (tertiary/aromatic N) is 1. The number of carbonyl (C=O) groups is 2. The van der Waals surface area contributed by atoms with Crippen molar-refractivity contribution >= 4 is 11.9 Å². The molecule has 0 bridgehead atoms. The Labute approximate surface area is 158 Å². The molecule has 2 aromatic rings. The lowest BCUT2D eigenvalue weighted by molar-refractivity contribution is -0.134. The minimum absolute atomic E-state index is 0.558. The molecule has 6 heteroatoms. The maximum atomic E-state index is 9.55. The van der Waals surface area contributed by atoms with Crippen molar-refractivity contribution in [2.45, 2.75) is 12.8 Å². The lowest BCUT2D eigenvalue weighted by Gasteiger charge is -2.21. The molecule has 2 N–H and O–H groups in total. The fourth-order valence-electron chi connectivity index (χ4n) is 2.62. The molecule has 0 spiro atoms. The summed E-state index contributed by atoms with van der Waals surface area (Å²) >= 11 is 0. The highest BCUT2D eigenvalue weighted by atomic mass is 16.5. The summed E-state index contributed by atoms with van der Waals surface area (Å²) in [6.07, 6.45) is 3.19. The Morgan fingerprint density at radius 1 is 0.852 bits per heavy atom. The quantitative estimate of drug-likeness (QED) is 0.791. The standard InChI is InChI=1S/C17H19NO.C4H4O4/c1-18-12-10-14-6-2-4-8-16(14)19-17-9-5-3-7-15(17)11-13-18;5-3(6)1-2-4(7)8/h2-9H,10-13H2,1H3;1-2H,(H,5,6)(H,7,8)/b;2-1-. The van der Waals surface area contributed by atoms with Gasteiger partial charge in [-0.25, -0.2) is 9.59 Å². The fraction of sp³-hybridized carbons (Fsp3) is 0.238. The molecule has 0 unspecified atom stereocenters. The van der Waals surface area contributed by atoms with E-state index < -0.39 is 11.9 Å². The molecular weight excluding hydrogens is 346 g/mol. The summed E-state index contributed by atoms with van der Waals surface area (Å²) in [6.45, 7) is 2.14. The van der Waals surface area contributed by atoms with Gasteiger partial charge in [0.05, 0.1) is 0 Å². The molecule has 1 heterocycles. The smallest absolute Gasteiger partial charge is 0.328 e. The van der Waals surface area contributed by atoms with Crippen molar-refractivity contribution in [1.82, 2.24) is 4.90 Å². The van der Waals surface area contributed by atoms with Gasteiger partial charge in [-0.15, -0.1) is 0 Å². The average Bonchev–Trinajstić information content (AvgIpc) is 2.65. The van der Waals surface area contributed by atoms with E-state index in [4.69, 9.17) is 14.9 Å². The van der Waals surface area contributed by atoms with Crippen LogP contribution in [-0.4, -0.2) is 47.2 Å². The Hall–Kier alpha value is -3.12. The number of carboxylic acids is 2. The zero-order valence-corrected chi connectivity index (χ0v) is 15.2. The lowest BCUT2D eigenvalue weighted by Crippen LogP contribution is -2.24. The third-order valence-corrected chi connectivity index (χ3v) is 4.06. The first kappa shape index (κ1) is 20.2. The molecule has 27 heavy (non-hydrogen) atoms. The maximum absolute atomic E-state index is 9.55. The van der Waals surface area contributed by atoms with Crippen LogP contribution < -0.4 is 4.74 Å². The highest BCUT2D eigenvalue weighted by Gasteiger charge is 2.12. The second-order valence-corrected chi connectivity index (χ2v) is 6.13. The van der Waals surface area contributed by atoms with Crippen LogP contribution in [0.5, 0.6) is 11.5 Å². The van der Waals surface area contributed by atoms with Gasteiger partial charge >= 0.3 is 11.9 Å². The number of hydrogen-bond acceptors (Lipinski definition) is 4. The Morgan fingerprint density at radius 2 is 1.26 bits per heavy atom. The third kappa shape index (κ3) is 6.95. The van der Waals surface area contributed by atoms with Crippen LogP contribution in [0.3, 0.4) is 0 Å². The largest absolute Gasteiger partial charge is 0.478 e. The number of likely N-dealkylation sites (N-methyl/N-ethyl adjacent to an activating group) is 1. The average molecular weight is 369 g/mol. The zero-order chi connectivity index (χ0) is 19.6. The number of rotatable bonds is 2. The monoisotopic (exact) mass is 369 g/mol. The van der Waals surface area contributed by atoms with Gasteiger partial charge in [-0.3, -0.25) is 0 Å². The van der Waals surface area contributed by atoms with Crippen molar-refractivity contribution in [2.75, 3.05) is 20.1 Å². The molecule has 6 nitrogen and oxygen atoms in total. The minimum atomic E-state index is -1.26. The van der Waals surface area contributed by atoms with E-state index in [1.807, 2.05) is 12.1 Å². The molecule has 0 aromatic heterocycles. The number of benzene rings is 2. The summed E-state index contributed by atoms with van der Waals surface area (Å²) in [5.74, 6) is -0.532. The molecule has 1 aliphatic rings. The van der Waals surface area contributed by atoms with Crippen molar-refractivity contribution < 1.29 is 24.5 Å². The highest BCUT2D eigenvalue weighted by molar-refractivity contribution is 5.89. The molecule has 0 radical (unpaired) electrons. The zero-order valence-electron chi connectivity index (χ0n) is 15.2. The van der Waals surface area contributed by atoms with Gasteiger partial charge in [-0.05, 0) is 43.1 Å². The number of para-hydroxylation sites is 2.